The molecule has 1 aliphatic carbocycles. The molecule has 2 unspecified atom stereocenters. The standard InChI is InChI=1S/C17H34N2O/c1-5-18-15-7-10-17(3,4)13-16(15)19-11-8-14(9-12-19)20-6-2/h14-16,18H,5-13H2,1-4H3. The van der Waals surface area contributed by atoms with E-state index in [0.29, 0.717) is 17.6 Å². The fraction of sp³-hybridized carbons (Fsp3) is 1.00. The highest BCUT2D eigenvalue weighted by atomic mass is 16.5. The highest BCUT2D eigenvalue weighted by molar-refractivity contribution is 4.95. The van der Waals surface area contributed by atoms with E-state index in [-0.39, 0.29) is 0 Å². The van der Waals surface area contributed by atoms with Gasteiger partial charge in [0.1, 0.15) is 0 Å². The van der Waals surface area contributed by atoms with Gasteiger partial charge in [0.15, 0.2) is 0 Å². The Morgan fingerprint density at radius 3 is 2.45 bits per heavy atom. The molecule has 0 aromatic carbocycles. The predicted molar refractivity (Wildman–Crippen MR) is 85.1 cm³/mol. The van der Waals surface area contributed by atoms with Crippen molar-refractivity contribution < 1.29 is 4.74 Å². The Balaban J connectivity index is 1.93. The molecule has 2 rings (SSSR count). The largest absolute Gasteiger partial charge is 0.378 e. The van der Waals surface area contributed by atoms with Crippen LogP contribution in [0.25, 0.3) is 0 Å². The van der Waals surface area contributed by atoms with Crippen molar-refractivity contribution in [1.29, 1.82) is 0 Å². The molecule has 1 saturated heterocycles. The summed E-state index contributed by atoms with van der Waals surface area (Å²) in [7, 11) is 0. The maximum absolute atomic E-state index is 5.79. The smallest absolute Gasteiger partial charge is 0.0599 e. The summed E-state index contributed by atoms with van der Waals surface area (Å²) in [4.78, 5) is 2.74. The average molecular weight is 282 g/mol. The maximum Gasteiger partial charge on any atom is 0.0599 e. The molecular weight excluding hydrogens is 248 g/mol. The molecular formula is C17H34N2O. The summed E-state index contributed by atoms with van der Waals surface area (Å²) in [5, 5.41) is 3.73. The van der Waals surface area contributed by atoms with E-state index in [2.05, 4.69) is 37.9 Å². The van der Waals surface area contributed by atoms with Crippen molar-refractivity contribution >= 4 is 0 Å². The summed E-state index contributed by atoms with van der Waals surface area (Å²) in [6.45, 7) is 13.6. The lowest BCUT2D eigenvalue weighted by atomic mass is 9.72. The minimum atomic E-state index is 0.505. The summed E-state index contributed by atoms with van der Waals surface area (Å²) < 4.78 is 5.79. The van der Waals surface area contributed by atoms with Gasteiger partial charge in [0.05, 0.1) is 6.10 Å². The second-order valence-electron chi connectivity index (χ2n) is 7.33. The van der Waals surface area contributed by atoms with Crippen molar-refractivity contribution in [3.8, 4) is 0 Å². The van der Waals surface area contributed by atoms with Gasteiger partial charge in [-0.05, 0) is 51.0 Å². The zero-order chi connectivity index (χ0) is 14.6. The molecule has 1 aliphatic heterocycles. The molecule has 118 valence electrons. The van der Waals surface area contributed by atoms with Gasteiger partial charge in [0, 0.05) is 31.8 Å². The molecule has 20 heavy (non-hydrogen) atoms. The van der Waals surface area contributed by atoms with Crippen molar-refractivity contribution in [1.82, 2.24) is 10.2 Å². The molecule has 3 nitrogen and oxygen atoms in total. The monoisotopic (exact) mass is 282 g/mol. The number of hydrogen-bond donors (Lipinski definition) is 1. The van der Waals surface area contributed by atoms with Crippen molar-refractivity contribution in [2.45, 2.75) is 78.0 Å². The number of hydrogen-bond acceptors (Lipinski definition) is 3. The number of likely N-dealkylation sites (tertiary alicyclic amines) is 1. The molecule has 2 fully saturated rings. The highest BCUT2D eigenvalue weighted by Crippen LogP contribution is 2.38. The van der Waals surface area contributed by atoms with Crippen LogP contribution in [0.4, 0.5) is 0 Å². The lowest BCUT2D eigenvalue weighted by Gasteiger charge is -2.48. The molecule has 0 radical (unpaired) electrons. The first kappa shape index (κ1) is 16.3. The second kappa shape index (κ2) is 7.24. The first-order valence-electron chi connectivity index (χ1n) is 8.64. The molecule has 0 bridgehead atoms. The van der Waals surface area contributed by atoms with Crippen molar-refractivity contribution in [3.05, 3.63) is 0 Å². The number of ether oxygens (including phenoxy) is 1. The molecule has 2 aliphatic rings. The van der Waals surface area contributed by atoms with Crippen LogP contribution in [0.3, 0.4) is 0 Å². The average Bonchev–Trinajstić information content (AvgIpc) is 2.42. The van der Waals surface area contributed by atoms with E-state index in [1.165, 1.54) is 45.2 Å². The SMILES string of the molecule is CCNC1CCC(C)(C)CC1N1CCC(OCC)CC1. The van der Waals surface area contributed by atoms with E-state index in [1.54, 1.807) is 0 Å². The Morgan fingerprint density at radius 2 is 1.85 bits per heavy atom. The summed E-state index contributed by atoms with van der Waals surface area (Å²) in [5.74, 6) is 0. The van der Waals surface area contributed by atoms with Crippen LogP contribution in [-0.2, 0) is 4.74 Å². The van der Waals surface area contributed by atoms with Crippen LogP contribution in [0.15, 0.2) is 0 Å². The molecule has 0 amide bonds. The van der Waals surface area contributed by atoms with E-state index in [0.717, 1.165) is 19.2 Å². The Kier molecular flexibility index (Phi) is 5.88. The Hall–Kier alpha value is -0.120. The third kappa shape index (κ3) is 4.19. The molecule has 3 heteroatoms. The Morgan fingerprint density at radius 1 is 1.15 bits per heavy atom. The zero-order valence-electron chi connectivity index (χ0n) is 14.0. The highest BCUT2D eigenvalue weighted by Gasteiger charge is 2.38. The van der Waals surface area contributed by atoms with Crippen LogP contribution < -0.4 is 5.32 Å². The number of nitrogens with zero attached hydrogens (tertiary/aromatic N) is 1. The lowest BCUT2D eigenvalue weighted by molar-refractivity contribution is -0.0160. The third-order valence-electron chi connectivity index (χ3n) is 5.17. The van der Waals surface area contributed by atoms with E-state index in [1.807, 2.05) is 0 Å². The van der Waals surface area contributed by atoms with E-state index >= 15 is 0 Å². The number of likely N-dealkylation sites (N-methyl/N-ethyl adjacent to an activating group) is 1. The lowest BCUT2D eigenvalue weighted by Crippen LogP contribution is -2.56. The first-order valence-corrected chi connectivity index (χ1v) is 8.64. The quantitative estimate of drug-likeness (QED) is 0.839. The molecule has 1 N–H and O–H groups in total. The maximum atomic E-state index is 5.79. The molecule has 1 saturated carbocycles. The van der Waals surface area contributed by atoms with Crippen molar-refractivity contribution in [3.63, 3.8) is 0 Å². The van der Waals surface area contributed by atoms with E-state index in [4.69, 9.17) is 4.74 Å². The van der Waals surface area contributed by atoms with Gasteiger partial charge >= 0.3 is 0 Å². The fourth-order valence-corrected chi connectivity index (χ4v) is 4.04. The number of rotatable bonds is 5. The summed E-state index contributed by atoms with van der Waals surface area (Å²) in [6.07, 6.45) is 6.95. The number of piperidine rings is 1. The van der Waals surface area contributed by atoms with Gasteiger partial charge in [-0.2, -0.15) is 0 Å². The van der Waals surface area contributed by atoms with Crippen LogP contribution >= 0.6 is 0 Å². The van der Waals surface area contributed by atoms with Gasteiger partial charge in [-0.25, -0.2) is 0 Å². The normalized spacial score (nSPS) is 32.4. The fourth-order valence-electron chi connectivity index (χ4n) is 4.04. The van der Waals surface area contributed by atoms with Gasteiger partial charge in [0.25, 0.3) is 0 Å². The third-order valence-corrected chi connectivity index (χ3v) is 5.17. The minimum absolute atomic E-state index is 0.505. The molecule has 0 spiro atoms. The molecule has 0 aromatic rings. The summed E-state index contributed by atoms with van der Waals surface area (Å²) >= 11 is 0. The zero-order valence-corrected chi connectivity index (χ0v) is 14.0. The van der Waals surface area contributed by atoms with Crippen molar-refractivity contribution in [2.75, 3.05) is 26.2 Å². The van der Waals surface area contributed by atoms with Crippen LogP contribution in [-0.4, -0.2) is 49.3 Å². The van der Waals surface area contributed by atoms with Gasteiger partial charge in [-0.3, -0.25) is 4.90 Å². The predicted octanol–water partition coefficient (Wildman–Crippen LogP) is 3.04. The van der Waals surface area contributed by atoms with Crippen LogP contribution in [0, 0.1) is 5.41 Å². The minimum Gasteiger partial charge on any atom is -0.378 e. The second-order valence-corrected chi connectivity index (χ2v) is 7.33. The summed E-state index contributed by atoms with van der Waals surface area (Å²) in [6, 6.07) is 1.41. The van der Waals surface area contributed by atoms with Crippen molar-refractivity contribution in [2.24, 2.45) is 5.41 Å². The van der Waals surface area contributed by atoms with E-state index < -0.39 is 0 Å². The molecule has 1 heterocycles. The van der Waals surface area contributed by atoms with Gasteiger partial charge in [0.2, 0.25) is 0 Å². The number of nitrogens with one attached hydrogen (secondary N) is 1. The molecule has 0 aromatic heterocycles. The Bertz CT molecular complexity index is 285. The first-order chi connectivity index (χ1) is 9.55. The van der Waals surface area contributed by atoms with Gasteiger partial charge in [-0.1, -0.05) is 20.8 Å². The van der Waals surface area contributed by atoms with E-state index in [9.17, 15) is 0 Å². The van der Waals surface area contributed by atoms with Crippen LogP contribution in [0.2, 0.25) is 0 Å². The topological polar surface area (TPSA) is 24.5 Å². The van der Waals surface area contributed by atoms with Crippen LogP contribution in [0.1, 0.15) is 59.8 Å². The Labute approximate surface area is 125 Å². The van der Waals surface area contributed by atoms with Crippen LogP contribution in [0.5, 0.6) is 0 Å². The molecule has 2 atom stereocenters. The summed E-state index contributed by atoms with van der Waals surface area (Å²) in [5.41, 5.74) is 0.507. The van der Waals surface area contributed by atoms with Gasteiger partial charge < -0.3 is 10.1 Å². The van der Waals surface area contributed by atoms with Gasteiger partial charge in [-0.15, -0.1) is 0 Å².